The molecular formula is C19H15BrN4O2. The van der Waals surface area contributed by atoms with Gasteiger partial charge >= 0.3 is 5.97 Å². The summed E-state index contributed by atoms with van der Waals surface area (Å²) >= 11 is 3.34. The summed E-state index contributed by atoms with van der Waals surface area (Å²) in [5.74, 6) is -0.318. The molecule has 0 radical (unpaired) electrons. The smallest absolute Gasteiger partial charge is 0.337 e. The van der Waals surface area contributed by atoms with Crippen molar-refractivity contribution in [2.24, 2.45) is 0 Å². The number of nitrogens with zero attached hydrogens (tertiary/aromatic N) is 4. The maximum atomic E-state index is 11.6. The largest absolute Gasteiger partial charge is 0.478 e. The molecule has 4 rings (SSSR count). The number of carbonyl (C=O) groups is 1. The number of carboxylic acids is 1. The van der Waals surface area contributed by atoms with E-state index in [0.29, 0.717) is 24.6 Å². The number of aromatic carboxylic acids is 1. The summed E-state index contributed by atoms with van der Waals surface area (Å²) in [5, 5.41) is 9.50. The van der Waals surface area contributed by atoms with Crippen molar-refractivity contribution in [2.45, 2.75) is 13.0 Å². The van der Waals surface area contributed by atoms with E-state index in [-0.39, 0.29) is 5.56 Å². The molecule has 0 spiro atoms. The topological polar surface area (TPSA) is 79.2 Å². The number of aromatic nitrogens is 3. The van der Waals surface area contributed by atoms with Gasteiger partial charge in [0.15, 0.2) is 5.82 Å². The molecule has 130 valence electrons. The molecular weight excluding hydrogens is 396 g/mol. The van der Waals surface area contributed by atoms with Gasteiger partial charge in [0.2, 0.25) is 0 Å². The number of fused-ring (bicyclic) bond motifs is 1. The molecule has 0 unspecified atom stereocenters. The van der Waals surface area contributed by atoms with Crippen LogP contribution >= 0.6 is 15.9 Å². The van der Waals surface area contributed by atoms with Crippen LogP contribution in [0.2, 0.25) is 0 Å². The average Bonchev–Trinajstić information content (AvgIpc) is 2.68. The molecule has 0 amide bonds. The Morgan fingerprint density at radius 2 is 2.08 bits per heavy atom. The first-order chi connectivity index (χ1) is 12.6. The van der Waals surface area contributed by atoms with Gasteiger partial charge in [-0.15, -0.1) is 0 Å². The van der Waals surface area contributed by atoms with Crippen LogP contribution in [0.3, 0.4) is 0 Å². The van der Waals surface area contributed by atoms with E-state index in [0.717, 1.165) is 27.8 Å². The van der Waals surface area contributed by atoms with E-state index in [1.165, 1.54) is 0 Å². The maximum absolute atomic E-state index is 11.6. The van der Waals surface area contributed by atoms with Crippen molar-refractivity contribution in [2.75, 3.05) is 11.4 Å². The maximum Gasteiger partial charge on any atom is 0.337 e. The van der Waals surface area contributed by atoms with E-state index in [1.54, 1.807) is 12.3 Å². The average molecular weight is 411 g/mol. The Kier molecular flexibility index (Phi) is 4.38. The van der Waals surface area contributed by atoms with Crippen molar-refractivity contribution < 1.29 is 9.90 Å². The van der Waals surface area contributed by atoms with Crippen LogP contribution in [-0.2, 0) is 13.0 Å². The monoisotopic (exact) mass is 410 g/mol. The Labute approximate surface area is 158 Å². The van der Waals surface area contributed by atoms with Gasteiger partial charge in [-0.1, -0.05) is 22.0 Å². The molecule has 2 aromatic heterocycles. The van der Waals surface area contributed by atoms with Gasteiger partial charge in [0.25, 0.3) is 0 Å². The van der Waals surface area contributed by atoms with Crippen LogP contribution in [0, 0.1) is 0 Å². The third kappa shape index (κ3) is 3.17. The van der Waals surface area contributed by atoms with Crippen molar-refractivity contribution >= 4 is 27.6 Å². The molecule has 26 heavy (non-hydrogen) atoms. The summed E-state index contributed by atoms with van der Waals surface area (Å²) in [4.78, 5) is 27.0. The second-order valence-electron chi connectivity index (χ2n) is 6.02. The van der Waals surface area contributed by atoms with Crippen LogP contribution in [0.1, 0.15) is 21.6 Å². The Balaban J connectivity index is 1.64. The third-order valence-electron chi connectivity index (χ3n) is 4.36. The van der Waals surface area contributed by atoms with E-state index in [1.807, 2.05) is 36.5 Å². The van der Waals surface area contributed by atoms with Crippen LogP contribution in [0.25, 0.3) is 11.5 Å². The lowest BCUT2D eigenvalue weighted by atomic mass is 10.0. The number of anilines is 1. The Morgan fingerprint density at radius 1 is 1.19 bits per heavy atom. The fourth-order valence-electron chi connectivity index (χ4n) is 3.10. The van der Waals surface area contributed by atoms with Gasteiger partial charge in [-0.05, 0) is 30.3 Å². The molecule has 1 aliphatic heterocycles. The highest BCUT2D eigenvalue weighted by Crippen LogP contribution is 2.29. The van der Waals surface area contributed by atoms with E-state index in [4.69, 9.17) is 0 Å². The molecule has 1 N–H and O–H groups in total. The standard InChI is InChI=1S/C19H15BrN4O2/c20-13-4-5-17(14(9-13)19(25)26)24-8-6-15-12(11-24)10-22-18(23-15)16-3-1-2-7-21-16/h1-5,7,9-10H,6,8,11H2,(H,25,26). The lowest BCUT2D eigenvalue weighted by Crippen LogP contribution is -2.32. The van der Waals surface area contributed by atoms with Gasteiger partial charge in [-0.2, -0.15) is 0 Å². The first-order valence-electron chi connectivity index (χ1n) is 8.16. The molecule has 6 nitrogen and oxygen atoms in total. The molecule has 3 heterocycles. The van der Waals surface area contributed by atoms with Crippen molar-refractivity contribution in [3.63, 3.8) is 0 Å². The third-order valence-corrected chi connectivity index (χ3v) is 4.85. The minimum Gasteiger partial charge on any atom is -0.478 e. The Morgan fingerprint density at radius 3 is 2.85 bits per heavy atom. The van der Waals surface area contributed by atoms with Gasteiger partial charge in [0.05, 0.1) is 16.9 Å². The first-order valence-corrected chi connectivity index (χ1v) is 8.95. The summed E-state index contributed by atoms with van der Waals surface area (Å²) in [5.41, 5.74) is 3.74. The minimum atomic E-state index is -0.936. The fourth-order valence-corrected chi connectivity index (χ4v) is 3.46. The normalized spacial score (nSPS) is 13.3. The predicted molar refractivity (Wildman–Crippen MR) is 101 cm³/mol. The van der Waals surface area contributed by atoms with Crippen LogP contribution in [-0.4, -0.2) is 32.6 Å². The van der Waals surface area contributed by atoms with Crippen molar-refractivity contribution in [3.8, 4) is 11.5 Å². The minimum absolute atomic E-state index is 0.286. The van der Waals surface area contributed by atoms with Gasteiger partial charge in [-0.3, -0.25) is 4.98 Å². The number of pyridine rings is 1. The van der Waals surface area contributed by atoms with Gasteiger partial charge in [-0.25, -0.2) is 14.8 Å². The highest BCUT2D eigenvalue weighted by Gasteiger charge is 2.23. The van der Waals surface area contributed by atoms with Gasteiger partial charge in [0.1, 0.15) is 5.69 Å². The molecule has 1 aromatic carbocycles. The van der Waals surface area contributed by atoms with Crippen LogP contribution in [0.15, 0.2) is 53.3 Å². The van der Waals surface area contributed by atoms with E-state index in [9.17, 15) is 9.90 Å². The van der Waals surface area contributed by atoms with Crippen LogP contribution in [0.4, 0.5) is 5.69 Å². The molecule has 7 heteroatoms. The van der Waals surface area contributed by atoms with Gasteiger partial charge in [0, 0.05) is 41.9 Å². The Hall–Kier alpha value is -2.80. The quantitative estimate of drug-likeness (QED) is 0.710. The number of rotatable bonds is 3. The predicted octanol–water partition coefficient (Wildman–Crippen LogP) is 3.56. The first kappa shape index (κ1) is 16.7. The van der Waals surface area contributed by atoms with E-state index >= 15 is 0 Å². The molecule has 0 atom stereocenters. The number of benzene rings is 1. The van der Waals surface area contributed by atoms with Crippen LogP contribution in [0.5, 0.6) is 0 Å². The molecule has 0 aliphatic carbocycles. The molecule has 3 aromatic rings. The molecule has 1 aliphatic rings. The zero-order valence-corrected chi connectivity index (χ0v) is 15.3. The van der Waals surface area contributed by atoms with Gasteiger partial charge < -0.3 is 10.0 Å². The Bertz CT molecular complexity index is 979. The summed E-state index contributed by atoms with van der Waals surface area (Å²) < 4.78 is 0.749. The lowest BCUT2D eigenvalue weighted by molar-refractivity contribution is 0.0697. The molecule has 0 saturated heterocycles. The molecule has 0 saturated carbocycles. The number of hydrogen-bond acceptors (Lipinski definition) is 5. The SMILES string of the molecule is O=C(O)c1cc(Br)ccc1N1CCc2nc(-c3ccccn3)ncc2C1. The van der Waals surface area contributed by atoms with Crippen molar-refractivity contribution in [1.82, 2.24) is 15.0 Å². The fraction of sp³-hybridized carbons (Fsp3) is 0.158. The molecule has 0 bridgehead atoms. The second kappa shape index (κ2) is 6.84. The van der Waals surface area contributed by atoms with Crippen molar-refractivity contribution in [1.29, 1.82) is 0 Å². The van der Waals surface area contributed by atoms with E-state index < -0.39 is 5.97 Å². The zero-order valence-electron chi connectivity index (χ0n) is 13.8. The van der Waals surface area contributed by atoms with Crippen molar-refractivity contribution in [3.05, 3.63) is 70.1 Å². The van der Waals surface area contributed by atoms with E-state index in [2.05, 4.69) is 35.8 Å². The number of hydrogen-bond donors (Lipinski definition) is 1. The number of carboxylic acid groups (broad SMARTS) is 1. The summed E-state index contributed by atoms with van der Waals surface area (Å²) in [6.07, 6.45) is 4.27. The highest BCUT2D eigenvalue weighted by molar-refractivity contribution is 9.10. The molecule has 0 fully saturated rings. The summed E-state index contributed by atoms with van der Waals surface area (Å²) in [6.45, 7) is 1.29. The summed E-state index contributed by atoms with van der Waals surface area (Å²) in [7, 11) is 0. The van der Waals surface area contributed by atoms with Crippen LogP contribution < -0.4 is 4.90 Å². The lowest BCUT2D eigenvalue weighted by Gasteiger charge is -2.31. The summed E-state index contributed by atoms with van der Waals surface area (Å²) in [6, 6.07) is 11.0. The zero-order chi connectivity index (χ0) is 18.1. The number of halogens is 1. The highest BCUT2D eigenvalue weighted by atomic mass is 79.9. The second-order valence-corrected chi connectivity index (χ2v) is 6.93.